The van der Waals surface area contributed by atoms with Gasteiger partial charge in [0.25, 0.3) is 0 Å². The van der Waals surface area contributed by atoms with Gasteiger partial charge in [-0.15, -0.1) is 0 Å². The number of benzene rings is 1. The maximum atomic E-state index is 5.48. The molecule has 3 nitrogen and oxygen atoms in total. The Hall–Kier alpha value is -1.64. The van der Waals surface area contributed by atoms with Gasteiger partial charge in [-0.05, 0) is 48.9 Å². The van der Waals surface area contributed by atoms with E-state index in [9.17, 15) is 0 Å². The molecule has 0 bridgehead atoms. The van der Waals surface area contributed by atoms with Crippen molar-refractivity contribution in [2.45, 2.75) is 13.8 Å². The Labute approximate surface area is 83.1 Å². The van der Waals surface area contributed by atoms with Crippen LogP contribution in [0.3, 0.4) is 0 Å². The minimum Gasteiger partial charge on any atom is -0.454 e. The van der Waals surface area contributed by atoms with Gasteiger partial charge in [-0.3, -0.25) is 0 Å². The quantitative estimate of drug-likeness (QED) is 0.738. The molecule has 0 saturated carbocycles. The van der Waals surface area contributed by atoms with Crippen LogP contribution in [0.2, 0.25) is 0 Å². The first kappa shape index (κ1) is 8.94. The summed E-state index contributed by atoms with van der Waals surface area (Å²) in [7, 11) is 0. The molecule has 0 radical (unpaired) electrons. The Morgan fingerprint density at radius 1 is 1.36 bits per heavy atom. The Morgan fingerprint density at radius 2 is 2.00 bits per heavy atom. The molecular formula is C11H13NO2. The molecule has 2 rings (SSSR count). The van der Waals surface area contributed by atoms with Crippen LogP contribution in [0.25, 0.3) is 5.57 Å². The van der Waals surface area contributed by atoms with Gasteiger partial charge in [0.1, 0.15) is 0 Å². The highest BCUT2D eigenvalue weighted by molar-refractivity contribution is 5.69. The second-order valence-corrected chi connectivity index (χ2v) is 3.37. The Bertz CT molecular complexity index is 397. The summed E-state index contributed by atoms with van der Waals surface area (Å²) in [5, 5.41) is 0. The van der Waals surface area contributed by atoms with Crippen LogP contribution in [0, 0.1) is 6.92 Å². The number of allylic oxidation sites excluding steroid dienone is 1. The minimum absolute atomic E-state index is 0.309. The van der Waals surface area contributed by atoms with E-state index in [0.29, 0.717) is 6.79 Å². The van der Waals surface area contributed by atoms with Gasteiger partial charge < -0.3 is 15.2 Å². The number of aryl methyl sites for hydroxylation is 1. The predicted molar refractivity (Wildman–Crippen MR) is 55.1 cm³/mol. The largest absolute Gasteiger partial charge is 0.454 e. The third-order valence-corrected chi connectivity index (χ3v) is 2.39. The molecule has 1 aliphatic heterocycles. The minimum atomic E-state index is 0.309. The van der Waals surface area contributed by atoms with Crippen LogP contribution in [-0.2, 0) is 0 Å². The maximum absolute atomic E-state index is 5.48. The third kappa shape index (κ3) is 1.31. The molecule has 14 heavy (non-hydrogen) atoms. The molecule has 0 aromatic heterocycles. The molecule has 1 aliphatic rings. The van der Waals surface area contributed by atoms with E-state index in [2.05, 4.69) is 0 Å². The van der Waals surface area contributed by atoms with Crippen LogP contribution < -0.4 is 15.2 Å². The molecule has 0 saturated heterocycles. The molecule has 2 N–H and O–H groups in total. The summed E-state index contributed by atoms with van der Waals surface area (Å²) in [6.07, 6.45) is 1.60. The summed E-state index contributed by atoms with van der Waals surface area (Å²) < 4.78 is 10.6. The fourth-order valence-electron chi connectivity index (χ4n) is 1.56. The zero-order valence-corrected chi connectivity index (χ0v) is 8.33. The topological polar surface area (TPSA) is 44.5 Å². The van der Waals surface area contributed by atoms with E-state index in [4.69, 9.17) is 15.2 Å². The average Bonchev–Trinajstić information content (AvgIpc) is 2.62. The summed E-state index contributed by atoms with van der Waals surface area (Å²) in [4.78, 5) is 0. The second kappa shape index (κ2) is 3.25. The van der Waals surface area contributed by atoms with Gasteiger partial charge in [-0.2, -0.15) is 0 Å². The molecule has 1 heterocycles. The zero-order chi connectivity index (χ0) is 10.1. The molecule has 1 aromatic rings. The van der Waals surface area contributed by atoms with Crippen LogP contribution in [0.4, 0.5) is 0 Å². The summed E-state index contributed by atoms with van der Waals surface area (Å²) in [6.45, 7) is 4.32. The van der Waals surface area contributed by atoms with Crippen molar-refractivity contribution in [3.05, 3.63) is 29.5 Å². The fraction of sp³-hybridized carbons (Fsp3) is 0.273. The lowest BCUT2D eigenvalue weighted by molar-refractivity contribution is 0.174. The van der Waals surface area contributed by atoms with E-state index in [1.165, 1.54) is 0 Å². The average molecular weight is 191 g/mol. The van der Waals surface area contributed by atoms with Gasteiger partial charge in [-0.25, -0.2) is 0 Å². The van der Waals surface area contributed by atoms with Crippen LogP contribution in [-0.4, -0.2) is 6.79 Å². The van der Waals surface area contributed by atoms with Crippen LogP contribution in [0.15, 0.2) is 18.3 Å². The Kier molecular flexibility index (Phi) is 2.08. The van der Waals surface area contributed by atoms with Crippen molar-refractivity contribution in [1.82, 2.24) is 0 Å². The molecule has 1 aromatic carbocycles. The molecule has 74 valence electrons. The van der Waals surface area contributed by atoms with Crippen LogP contribution in [0.1, 0.15) is 18.1 Å². The summed E-state index contributed by atoms with van der Waals surface area (Å²) in [6, 6.07) is 3.95. The predicted octanol–water partition coefficient (Wildman–Crippen LogP) is 2.04. The van der Waals surface area contributed by atoms with E-state index < -0.39 is 0 Å². The molecule has 0 aliphatic carbocycles. The van der Waals surface area contributed by atoms with Crippen molar-refractivity contribution in [2.75, 3.05) is 6.79 Å². The third-order valence-electron chi connectivity index (χ3n) is 2.39. The Balaban J connectivity index is 2.53. The molecule has 0 spiro atoms. The van der Waals surface area contributed by atoms with Crippen molar-refractivity contribution < 1.29 is 9.47 Å². The van der Waals surface area contributed by atoms with Crippen LogP contribution in [0.5, 0.6) is 11.5 Å². The van der Waals surface area contributed by atoms with E-state index in [1.54, 1.807) is 6.20 Å². The lowest BCUT2D eigenvalue weighted by Gasteiger charge is -2.07. The monoisotopic (exact) mass is 191 g/mol. The highest BCUT2D eigenvalue weighted by Crippen LogP contribution is 2.36. The highest BCUT2D eigenvalue weighted by Gasteiger charge is 2.15. The number of nitrogens with two attached hydrogens (primary N) is 1. The van der Waals surface area contributed by atoms with Crippen molar-refractivity contribution >= 4 is 5.57 Å². The number of ether oxygens (including phenoxy) is 2. The van der Waals surface area contributed by atoms with E-state index in [0.717, 1.165) is 28.2 Å². The standard InChI is InChI=1S/C11H13NO2/c1-7-3-10-11(14-6-13-10)4-9(7)8(2)5-12/h3-5H,6,12H2,1-2H3/b8-5+. The summed E-state index contributed by atoms with van der Waals surface area (Å²) in [5.74, 6) is 1.61. The summed E-state index contributed by atoms with van der Waals surface area (Å²) in [5.41, 5.74) is 8.78. The SMILES string of the molecule is C/C(=C\N)c1cc2c(cc1C)OCO2. The van der Waals surface area contributed by atoms with Gasteiger partial charge in [0.15, 0.2) is 11.5 Å². The molecule has 0 atom stereocenters. The number of rotatable bonds is 1. The number of hydrogen-bond donors (Lipinski definition) is 1. The second-order valence-electron chi connectivity index (χ2n) is 3.37. The first-order valence-electron chi connectivity index (χ1n) is 4.51. The summed E-state index contributed by atoms with van der Waals surface area (Å²) >= 11 is 0. The van der Waals surface area contributed by atoms with E-state index in [-0.39, 0.29) is 0 Å². The van der Waals surface area contributed by atoms with Crippen molar-refractivity contribution in [3.63, 3.8) is 0 Å². The van der Waals surface area contributed by atoms with E-state index >= 15 is 0 Å². The highest BCUT2D eigenvalue weighted by atomic mass is 16.7. The molecule has 3 heteroatoms. The molecule has 0 unspecified atom stereocenters. The van der Waals surface area contributed by atoms with E-state index in [1.807, 2.05) is 26.0 Å². The van der Waals surface area contributed by atoms with Gasteiger partial charge in [0.2, 0.25) is 6.79 Å². The lowest BCUT2D eigenvalue weighted by atomic mass is 10.0. The maximum Gasteiger partial charge on any atom is 0.231 e. The lowest BCUT2D eigenvalue weighted by Crippen LogP contribution is -1.92. The van der Waals surface area contributed by atoms with Crippen molar-refractivity contribution in [1.29, 1.82) is 0 Å². The van der Waals surface area contributed by atoms with Gasteiger partial charge >= 0.3 is 0 Å². The zero-order valence-electron chi connectivity index (χ0n) is 8.33. The first-order chi connectivity index (χ1) is 6.72. The van der Waals surface area contributed by atoms with Gasteiger partial charge in [-0.1, -0.05) is 0 Å². The fourth-order valence-corrected chi connectivity index (χ4v) is 1.56. The molecule has 0 amide bonds. The Morgan fingerprint density at radius 3 is 2.64 bits per heavy atom. The number of hydrogen-bond acceptors (Lipinski definition) is 3. The number of fused-ring (bicyclic) bond motifs is 1. The molecular weight excluding hydrogens is 178 g/mol. The van der Waals surface area contributed by atoms with Gasteiger partial charge in [0, 0.05) is 0 Å². The molecule has 0 fully saturated rings. The normalized spacial score (nSPS) is 14.6. The first-order valence-corrected chi connectivity index (χ1v) is 4.51. The van der Waals surface area contributed by atoms with Crippen molar-refractivity contribution in [3.8, 4) is 11.5 Å². The van der Waals surface area contributed by atoms with Crippen molar-refractivity contribution in [2.24, 2.45) is 5.73 Å². The van der Waals surface area contributed by atoms with Crippen LogP contribution >= 0.6 is 0 Å². The van der Waals surface area contributed by atoms with Gasteiger partial charge in [0.05, 0.1) is 0 Å². The smallest absolute Gasteiger partial charge is 0.231 e.